The van der Waals surface area contributed by atoms with Crippen molar-refractivity contribution < 1.29 is 22.7 Å². The lowest BCUT2D eigenvalue weighted by Crippen LogP contribution is -2.09. The van der Waals surface area contributed by atoms with Crippen LogP contribution in [0.25, 0.3) is 0 Å². The summed E-state index contributed by atoms with van der Waals surface area (Å²) in [5.74, 6) is -0.619. The summed E-state index contributed by atoms with van der Waals surface area (Å²) in [6.07, 6.45) is -3.05. The average molecular weight is 281 g/mol. The largest absolute Gasteiger partial charge is 0.496 e. The highest BCUT2D eigenvalue weighted by molar-refractivity contribution is 6.09. The fraction of sp³-hybridized carbons (Fsp3) is 0.143. The van der Waals surface area contributed by atoms with Crippen LogP contribution in [0.1, 0.15) is 21.6 Å². The lowest BCUT2D eigenvalue weighted by molar-refractivity contribution is -0.137. The van der Waals surface area contributed by atoms with Crippen molar-refractivity contribution >= 4 is 5.78 Å². The molecule has 1 aromatic carbocycles. The molecule has 0 fully saturated rings. The van der Waals surface area contributed by atoms with Crippen molar-refractivity contribution in [3.05, 3.63) is 59.4 Å². The van der Waals surface area contributed by atoms with E-state index in [0.29, 0.717) is 0 Å². The van der Waals surface area contributed by atoms with Gasteiger partial charge in [0.2, 0.25) is 5.78 Å². The molecule has 0 N–H and O–H groups in total. The maximum atomic E-state index is 12.6. The van der Waals surface area contributed by atoms with E-state index < -0.39 is 17.5 Å². The first-order valence-electron chi connectivity index (χ1n) is 5.64. The smallest absolute Gasteiger partial charge is 0.416 e. The normalized spacial score (nSPS) is 11.2. The van der Waals surface area contributed by atoms with Crippen molar-refractivity contribution in [1.29, 1.82) is 0 Å². The van der Waals surface area contributed by atoms with Crippen molar-refractivity contribution in [2.75, 3.05) is 7.11 Å². The fourth-order valence-electron chi connectivity index (χ4n) is 1.69. The molecule has 20 heavy (non-hydrogen) atoms. The number of hydrogen-bond donors (Lipinski definition) is 0. The molecule has 0 aliphatic carbocycles. The Morgan fingerprint density at radius 3 is 2.50 bits per heavy atom. The fourth-order valence-corrected chi connectivity index (χ4v) is 1.69. The number of ether oxygens (including phenoxy) is 1. The molecule has 0 aliphatic rings. The number of benzene rings is 1. The van der Waals surface area contributed by atoms with Gasteiger partial charge >= 0.3 is 6.18 Å². The molecule has 0 saturated heterocycles. The molecule has 0 bridgehead atoms. The van der Waals surface area contributed by atoms with Gasteiger partial charge in [-0.25, -0.2) is 0 Å². The molecule has 0 radical (unpaired) electrons. The predicted molar refractivity (Wildman–Crippen MR) is 65.7 cm³/mol. The van der Waals surface area contributed by atoms with Gasteiger partial charge in [0, 0.05) is 6.20 Å². The molecule has 0 aliphatic heterocycles. The Balaban J connectivity index is 2.45. The number of alkyl halides is 3. The number of ketones is 1. The number of halogens is 3. The van der Waals surface area contributed by atoms with E-state index in [1.54, 1.807) is 12.1 Å². The highest BCUT2D eigenvalue weighted by Gasteiger charge is 2.32. The second-order valence-corrected chi connectivity index (χ2v) is 3.96. The van der Waals surface area contributed by atoms with E-state index >= 15 is 0 Å². The van der Waals surface area contributed by atoms with E-state index in [1.165, 1.54) is 19.4 Å². The first-order valence-corrected chi connectivity index (χ1v) is 5.64. The van der Waals surface area contributed by atoms with Gasteiger partial charge in [-0.2, -0.15) is 13.2 Å². The lowest BCUT2D eigenvalue weighted by atomic mass is 10.0. The van der Waals surface area contributed by atoms with Gasteiger partial charge in [-0.3, -0.25) is 9.78 Å². The second kappa shape index (κ2) is 5.32. The SMILES string of the molecule is COc1cc(C(F)(F)F)ccc1C(=O)c1ccccn1. The van der Waals surface area contributed by atoms with Crippen LogP contribution in [0.15, 0.2) is 42.6 Å². The summed E-state index contributed by atoms with van der Waals surface area (Å²) in [6, 6.07) is 7.49. The summed E-state index contributed by atoms with van der Waals surface area (Å²) in [7, 11) is 1.21. The van der Waals surface area contributed by atoms with E-state index in [9.17, 15) is 18.0 Å². The summed E-state index contributed by atoms with van der Waals surface area (Å²) in [4.78, 5) is 16.0. The number of methoxy groups -OCH3 is 1. The van der Waals surface area contributed by atoms with Crippen LogP contribution in [0.3, 0.4) is 0 Å². The van der Waals surface area contributed by atoms with E-state index in [2.05, 4.69) is 4.98 Å². The van der Waals surface area contributed by atoms with Crippen molar-refractivity contribution in [3.8, 4) is 5.75 Å². The topological polar surface area (TPSA) is 39.2 Å². The highest BCUT2D eigenvalue weighted by atomic mass is 19.4. The number of carbonyl (C=O) groups excluding carboxylic acids is 1. The highest BCUT2D eigenvalue weighted by Crippen LogP contribution is 2.33. The van der Waals surface area contributed by atoms with Gasteiger partial charge in [0.1, 0.15) is 11.4 Å². The molecule has 6 heteroatoms. The van der Waals surface area contributed by atoms with Gasteiger partial charge < -0.3 is 4.74 Å². The molecular formula is C14H10F3NO2. The van der Waals surface area contributed by atoms with Crippen LogP contribution in [-0.4, -0.2) is 17.9 Å². The minimum Gasteiger partial charge on any atom is -0.496 e. The summed E-state index contributed by atoms with van der Waals surface area (Å²) in [5, 5.41) is 0. The van der Waals surface area contributed by atoms with Gasteiger partial charge in [-0.15, -0.1) is 0 Å². The van der Waals surface area contributed by atoms with Crippen molar-refractivity contribution in [2.24, 2.45) is 0 Å². The molecule has 2 aromatic rings. The summed E-state index contributed by atoms with van der Waals surface area (Å²) < 4.78 is 42.7. The number of aromatic nitrogens is 1. The Labute approximate surface area is 113 Å². The van der Waals surface area contributed by atoms with Crippen LogP contribution >= 0.6 is 0 Å². The number of nitrogens with zero attached hydrogens (tertiary/aromatic N) is 1. The zero-order valence-corrected chi connectivity index (χ0v) is 10.4. The third-order valence-electron chi connectivity index (χ3n) is 2.67. The van der Waals surface area contributed by atoms with Gasteiger partial charge in [0.25, 0.3) is 0 Å². The van der Waals surface area contributed by atoms with Crippen LogP contribution in [0.5, 0.6) is 5.75 Å². The van der Waals surface area contributed by atoms with Gasteiger partial charge in [0.15, 0.2) is 0 Å². The van der Waals surface area contributed by atoms with Crippen LogP contribution in [-0.2, 0) is 6.18 Å². The summed E-state index contributed by atoms with van der Waals surface area (Å²) in [5.41, 5.74) is -0.684. The molecule has 0 saturated carbocycles. The van der Waals surface area contributed by atoms with Crippen molar-refractivity contribution in [1.82, 2.24) is 4.98 Å². The van der Waals surface area contributed by atoms with E-state index in [4.69, 9.17) is 4.74 Å². The van der Waals surface area contributed by atoms with Crippen LogP contribution in [0, 0.1) is 0 Å². The number of rotatable bonds is 3. The van der Waals surface area contributed by atoms with E-state index in [1.807, 2.05) is 0 Å². The van der Waals surface area contributed by atoms with Gasteiger partial charge in [-0.1, -0.05) is 6.07 Å². The van der Waals surface area contributed by atoms with Gasteiger partial charge in [-0.05, 0) is 30.3 Å². The standard InChI is InChI=1S/C14H10F3NO2/c1-20-12-8-9(14(15,16)17)5-6-10(12)13(19)11-4-2-3-7-18-11/h2-8H,1H3. The van der Waals surface area contributed by atoms with Crippen LogP contribution in [0.2, 0.25) is 0 Å². The first kappa shape index (κ1) is 14.0. The Morgan fingerprint density at radius 2 is 1.95 bits per heavy atom. The molecule has 0 amide bonds. The summed E-state index contributed by atoms with van der Waals surface area (Å²) >= 11 is 0. The predicted octanol–water partition coefficient (Wildman–Crippen LogP) is 3.34. The Morgan fingerprint density at radius 1 is 1.20 bits per heavy atom. The quantitative estimate of drug-likeness (QED) is 0.810. The lowest BCUT2D eigenvalue weighted by Gasteiger charge is -2.11. The molecule has 1 heterocycles. The minimum atomic E-state index is -4.49. The average Bonchev–Trinajstić information content (AvgIpc) is 2.45. The number of pyridine rings is 1. The van der Waals surface area contributed by atoms with E-state index in [0.717, 1.165) is 18.2 Å². The maximum absolute atomic E-state index is 12.6. The summed E-state index contributed by atoms with van der Waals surface area (Å²) in [6.45, 7) is 0. The molecule has 3 nitrogen and oxygen atoms in total. The zero-order chi connectivity index (χ0) is 14.8. The molecule has 0 unspecified atom stereocenters. The minimum absolute atomic E-state index is 0.0409. The molecular weight excluding hydrogens is 271 g/mol. The van der Waals surface area contributed by atoms with Crippen molar-refractivity contribution in [3.63, 3.8) is 0 Å². The molecule has 0 atom stereocenters. The molecule has 1 aromatic heterocycles. The second-order valence-electron chi connectivity index (χ2n) is 3.96. The zero-order valence-electron chi connectivity index (χ0n) is 10.4. The third kappa shape index (κ3) is 2.79. The van der Waals surface area contributed by atoms with Crippen molar-refractivity contribution in [2.45, 2.75) is 6.18 Å². The Kier molecular flexibility index (Phi) is 3.74. The number of carbonyl (C=O) groups is 1. The van der Waals surface area contributed by atoms with Crippen LogP contribution in [0.4, 0.5) is 13.2 Å². The van der Waals surface area contributed by atoms with Crippen LogP contribution < -0.4 is 4.74 Å². The van der Waals surface area contributed by atoms with E-state index in [-0.39, 0.29) is 17.0 Å². The number of hydrogen-bond acceptors (Lipinski definition) is 3. The Hall–Kier alpha value is -2.37. The monoisotopic (exact) mass is 281 g/mol. The maximum Gasteiger partial charge on any atom is 0.416 e. The molecule has 2 rings (SSSR count). The first-order chi connectivity index (χ1) is 9.43. The Bertz CT molecular complexity index is 624. The third-order valence-corrected chi connectivity index (χ3v) is 2.67. The molecule has 0 spiro atoms. The molecule has 104 valence electrons. The van der Waals surface area contributed by atoms with Gasteiger partial charge in [0.05, 0.1) is 18.2 Å².